The summed E-state index contributed by atoms with van der Waals surface area (Å²) in [6.45, 7) is 2.10. The Morgan fingerprint density at radius 3 is 2.18 bits per heavy atom. The van der Waals surface area contributed by atoms with Crippen LogP contribution >= 0.6 is 0 Å². The van der Waals surface area contributed by atoms with Crippen LogP contribution in [0.2, 0.25) is 0 Å². The van der Waals surface area contributed by atoms with Gasteiger partial charge in [-0.2, -0.15) is 0 Å². The van der Waals surface area contributed by atoms with Gasteiger partial charge in [0.05, 0.1) is 5.41 Å². The Morgan fingerprint density at radius 2 is 1.55 bits per heavy atom. The quantitative estimate of drug-likeness (QED) is 0.480. The van der Waals surface area contributed by atoms with Gasteiger partial charge in [-0.15, -0.1) is 0 Å². The third kappa shape index (κ3) is 3.54. The van der Waals surface area contributed by atoms with Crippen LogP contribution in [0, 0.1) is 23.2 Å². The topological polar surface area (TPSA) is 71.3 Å². The molecule has 5 nitrogen and oxygen atoms in total. The summed E-state index contributed by atoms with van der Waals surface area (Å²) in [6, 6.07) is 15.3. The average Bonchev–Trinajstić information content (AvgIpc) is 3.17. The molecule has 2 aromatic carbocycles. The summed E-state index contributed by atoms with van der Waals surface area (Å²) in [4.78, 5) is 27.0. The molecule has 4 bridgehead atoms. The number of carbonyl (C=O) groups excluding carboxylic acids is 2. The van der Waals surface area contributed by atoms with Crippen molar-refractivity contribution in [3.05, 3.63) is 59.9 Å². The molecule has 0 atom stereocenters. The maximum atomic E-state index is 13.7. The Labute approximate surface area is 193 Å². The Morgan fingerprint density at radius 1 is 0.909 bits per heavy atom. The number of amides is 2. The summed E-state index contributed by atoms with van der Waals surface area (Å²) in [5.74, 6) is 1.91. The smallest absolute Gasteiger partial charge is 0.293 e. The van der Waals surface area contributed by atoms with Crippen LogP contribution < -0.4 is 10.6 Å². The molecule has 4 aliphatic carbocycles. The standard InChI is InChI=1S/C28H30N2O3/c1-2-17-7-9-21(10-8-17)29-26(31)25-24(22-5-3-4-6-23(22)33-25)30-27(32)28-14-18-11-19(15-28)13-20(12-18)16-28/h3-10,18-20H,2,11-16H2,1H3,(H,29,31)(H,30,32). The lowest BCUT2D eigenvalue weighted by molar-refractivity contribution is -0.140. The van der Waals surface area contributed by atoms with E-state index in [2.05, 4.69) is 17.6 Å². The third-order valence-corrected chi connectivity index (χ3v) is 8.18. The second kappa shape index (κ2) is 7.75. The first-order chi connectivity index (χ1) is 16.0. The van der Waals surface area contributed by atoms with E-state index < -0.39 is 0 Å². The van der Waals surface area contributed by atoms with Crippen LogP contribution in [0.15, 0.2) is 52.9 Å². The van der Waals surface area contributed by atoms with E-state index in [4.69, 9.17) is 4.42 Å². The molecule has 7 rings (SSSR count). The van der Waals surface area contributed by atoms with Crippen molar-refractivity contribution in [3.8, 4) is 0 Å². The number of benzene rings is 2. The second-order valence-electron chi connectivity index (χ2n) is 10.5. The number of nitrogens with one attached hydrogen (secondary N) is 2. The minimum atomic E-state index is -0.351. The molecule has 0 unspecified atom stereocenters. The van der Waals surface area contributed by atoms with E-state index in [1.807, 2.05) is 48.5 Å². The minimum absolute atomic E-state index is 0.0644. The summed E-state index contributed by atoms with van der Waals surface area (Å²) in [6.07, 6.45) is 7.73. The van der Waals surface area contributed by atoms with Crippen molar-refractivity contribution in [2.24, 2.45) is 23.2 Å². The van der Waals surface area contributed by atoms with Crippen molar-refractivity contribution in [2.45, 2.75) is 51.9 Å². The van der Waals surface area contributed by atoms with E-state index in [-0.39, 0.29) is 23.0 Å². The van der Waals surface area contributed by atoms with Crippen molar-refractivity contribution in [1.29, 1.82) is 0 Å². The molecule has 2 N–H and O–H groups in total. The number of hydrogen-bond donors (Lipinski definition) is 2. The second-order valence-corrected chi connectivity index (χ2v) is 10.5. The predicted octanol–water partition coefficient (Wildman–Crippen LogP) is 6.40. The van der Waals surface area contributed by atoms with Gasteiger partial charge in [-0.3, -0.25) is 9.59 Å². The molecular weight excluding hydrogens is 412 g/mol. The average molecular weight is 443 g/mol. The number of aryl methyl sites for hydroxylation is 1. The number of fused-ring (bicyclic) bond motifs is 1. The summed E-state index contributed by atoms with van der Waals surface area (Å²) in [5.41, 5.74) is 2.71. The molecule has 0 saturated heterocycles. The maximum Gasteiger partial charge on any atom is 0.293 e. The summed E-state index contributed by atoms with van der Waals surface area (Å²) >= 11 is 0. The van der Waals surface area contributed by atoms with Crippen LogP contribution in [0.25, 0.3) is 11.0 Å². The summed E-state index contributed by atoms with van der Waals surface area (Å²) < 4.78 is 5.97. The van der Waals surface area contributed by atoms with Crippen molar-refractivity contribution in [3.63, 3.8) is 0 Å². The number of furan rings is 1. The lowest BCUT2D eigenvalue weighted by Crippen LogP contribution is -2.51. The van der Waals surface area contributed by atoms with Crippen LogP contribution in [0.4, 0.5) is 11.4 Å². The number of rotatable bonds is 5. The molecule has 3 aromatic rings. The number of hydrogen-bond acceptors (Lipinski definition) is 3. The molecular formula is C28H30N2O3. The van der Waals surface area contributed by atoms with Crippen LogP contribution in [-0.4, -0.2) is 11.8 Å². The first kappa shape index (κ1) is 20.5. The molecule has 0 radical (unpaired) electrons. The molecule has 1 heterocycles. The highest BCUT2D eigenvalue weighted by molar-refractivity contribution is 6.15. The summed E-state index contributed by atoms with van der Waals surface area (Å²) in [5, 5.41) is 6.88. The van der Waals surface area contributed by atoms with Gasteiger partial charge in [0, 0.05) is 11.1 Å². The van der Waals surface area contributed by atoms with Gasteiger partial charge in [0.1, 0.15) is 11.3 Å². The van der Waals surface area contributed by atoms with Gasteiger partial charge in [0.15, 0.2) is 0 Å². The highest BCUT2D eigenvalue weighted by atomic mass is 16.3. The van der Waals surface area contributed by atoms with Crippen molar-refractivity contribution >= 4 is 34.2 Å². The Balaban J connectivity index is 1.31. The van der Waals surface area contributed by atoms with Gasteiger partial charge in [-0.05, 0) is 92.5 Å². The Hall–Kier alpha value is -3.08. The van der Waals surface area contributed by atoms with E-state index in [9.17, 15) is 9.59 Å². The lowest BCUT2D eigenvalue weighted by Gasteiger charge is -2.55. The van der Waals surface area contributed by atoms with E-state index in [0.717, 1.165) is 31.1 Å². The highest BCUT2D eigenvalue weighted by Gasteiger charge is 2.54. The first-order valence-corrected chi connectivity index (χ1v) is 12.3. The van der Waals surface area contributed by atoms with Crippen LogP contribution in [0.3, 0.4) is 0 Å². The van der Waals surface area contributed by atoms with E-state index in [1.54, 1.807) is 0 Å². The minimum Gasteiger partial charge on any atom is -0.449 e. The molecule has 33 heavy (non-hydrogen) atoms. The fraction of sp³-hybridized carbons (Fsp3) is 0.429. The van der Waals surface area contributed by atoms with Gasteiger partial charge in [0.2, 0.25) is 11.7 Å². The maximum absolute atomic E-state index is 13.7. The number of para-hydroxylation sites is 1. The molecule has 4 saturated carbocycles. The van der Waals surface area contributed by atoms with E-state index in [0.29, 0.717) is 34.7 Å². The van der Waals surface area contributed by atoms with E-state index in [1.165, 1.54) is 24.8 Å². The third-order valence-electron chi connectivity index (χ3n) is 8.18. The van der Waals surface area contributed by atoms with Gasteiger partial charge >= 0.3 is 0 Å². The van der Waals surface area contributed by atoms with Crippen molar-refractivity contribution < 1.29 is 14.0 Å². The molecule has 4 aliphatic rings. The number of carbonyl (C=O) groups is 2. The lowest BCUT2D eigenvalue weighted by atomic mass is 9.49. The van der Waals surface area contributed by atoms with Gasteiger partial charge in [-0.25, -0.2) is 0 Å². The molecule has 0 aliphatic heterocycles. The molecule has 170 valence electrons. The van der Waals surface area contributed by atoms with Crippen LogP contribution in [-0.2, 0) is 11.2 Å². The number of anilines is 2. The van der Waals surface area contributed by atoms with Gasteiger partial charge in [0.25, 0.3) is 5.91 Å². The Bertz CT molecular complexity index is 1190. The molecule has 4 fully saturated rings. The predicted molar refractivity (Wildman–Crippen MR) is 129 cm³/mol. The van der Waals surface area contributed by atoms with Gasteiger partial charge in [-0.1, -0.05) is 31.2 Å². The molecule has 5 heteroatoms. The molecule has 0 spiro atoms. The molecule has 2 amide bonds. The first-order valence-electron chi connectivity index (χ1n) is 12.3. The summed E-state index contributed by atoms with van der Waals surface area (Å²) in [7, 11) is 0. The van der Waals surface area contributed by atoms with Crippen LogP contribution in [0.1, 0.15) is 61.6 Å². The fourth-order valence-electron chi connectivity index (χ4n) is 6.98. The SMILES string of the molecule is CCc1ccc(NC(=O)c2oc3ccccc3c2NC(=O)C23CC4CC(CC(C4)C2)C3)cc1. The van der Waals surface area contributed by atoms with Crippen molar-refractivity contribution in [1.82, 2.24) is 0 Å². The monoisotopic (exact) mass is 442 g/mol. The fourth-order valence-corrected chi connectivity index (χ4v) is 6.98. The van der Waals surface area contributed by atoms with E-state index >= 15 is 0 Å². The van der Waals surface area contributed by atoms with Crippen LogP contribution in [0.5, 0.6) is 0 Å². The Kier molecular flexibility index (Phi) is 4.82. The largest absolute Gasteiger partial charge is 0.449 e. The highest BCUT2D eigenvalue weighted by Crippen LogP contribution is 2.60. The normalized spacial score (nSPS) is 27.6. The zero-order chi connectivity index (χ0) is 22.6. The molecule has 1 aromatic heterocycles. The zero-order valence-corrected chi connectivity index (χ0v) is 19.0. The zero-order valence-electron chi connectivity index (χ0n) is 19.0. The van der Waals surface area contributed by atoms with Gasteiger partial charge < -0.3 is 15.1 Å². The van der Waals surface area contributed by atoms with Crippen molar-refractivity contribution in [2.75, 3.05) is 10.6 Å².